The van der Waals surface area contributed by atoms with Crippen LogP contribution in [0.25, 0.3) is 0 Å². The van der Waals surface area contributed by atoms with Gasteiger partial charge in [-0.25, -0.2) is 17.5 Å². The zero-order valence-electron chi connectivity index (χ0n) is 11.4. The molecule has 8 heteroatoms. The molecular weight excluding hydrogens is 317 g/mol. The minimum Gasteiger partial charge on any atom is -0.395 e. The van der Waals surface area contributed by atoms with E-state index in [1.165, 1.54) is 12.3 Å². The van der Waals surface area contributed by atoms with E-state index in [1.54, 1.807) is 0 Å². The molecule has 0 amide bonds. The van der Waals surface area contributed by atoms with Gasteiger partial charge in [0, 0.05) is 41.3 Å². The molecule has 1 aromatic carbocycles. The van der Waals surface area contributed by atoms with Crippen LogP contribution in [0.15, 0.2) is 23.1 Å². The van der Waals surface area contributed by atoms with Gasteiger partial charge in [0.2, 0.25) is 10.0 Å². The quantitative estimate of drug-likeness (QED) is 0.730. The summed E-state index contributed by atoms with van der Waals surface area (Å²) in [6, 6.07) is 3.54. The average Bonchev–Trinajstić information content (AvgIpc) is 2.38. The molecule has 0 radical (unpaired) electrons. The van der Waals surface area contributed by atoms with Crippen molar-refractivity contribution in [2.45, 2.75) is 11.3 Å². The first-order chi connectivity index (χ1) is 9.86. The van der Waals surface area contributed by atoms with Gasteiger partial charge in [0.05, 0.1) is 6.61 Å². The number of halogens is 1. The fourth-order valence-electron chi connectivity index (χ4n) is 1.41. The van der Waals surface area contributed by atoms with Crippen LogP contribution in [0, 0.1) is 17.7 Å². The molecule has 1 unspecified atom stereocenters. The fourth-order valence-corrected chi connectivity index (χ4v) is 3.02. The van der Waals surface area contributed by atoms with Crippen molar-refractivity contribution < 1.29 is 22.1 Å². The standard InChI is InChI=1S/C13H16FNO4S2/c1-20(17)9-7-15-21(18,19)13-6-5-11(10-12(13)14)4-2-3-8-16/h5-6,10,15-16H,3,7-9H2,1H3. The highest BCUT2D eigenvalue weighted by Gasteiger charge is 2.18. The molecular formula is C13H16FNO4S2. The monoisotopic (exact) mass is 333 g/mol. The van der Waals surface area contributed by atoms with E-state index >= 15 is 0 Å². The molecule has 21 heavy (non-hydrogen) atoms. The maximum Gasteiger partial charge on any atom is 0.243 e. The van der Waals surface area contributed by atoms with Crippen LogP contribution in [-0.2, 0) is 20.8 Å². The number of benzene rings is 1. The summed E-state index contributed by atoms with van der Waals surface area (Å²) in [6.45, 7) is -0.117. The van der Waals surface area contributed by atoms with Gasteiger partial charge >= 0.3 is 0 Å². The molecule has 0 fully saturated rings. The molecule has 0 saturated heterocycles. The minimum absolute atomic E-state index is 0.0249. The van der Waals surface area contributed by atoms with E-state index in [-0.39, 0.29) is 25.3 Å². The van der Waals surface area contributed by atoms with Crippen LogP contribution < -0.4 is 4.72 Å². The van der Waals surface area contributed by atoms with Crippen LogP contribution in [0.4, 0.5) is 4.39 Å². The Hall–Kier alpha value is -1.27. The number of hydrogen-bond acceptors (Lipinski definition) is 4. The number of nitrogens with one attached hydrogen (secondary N) is 1. The highest BCUT2D eigenvalue weighted by molar-refractivity contribution is 7.89. The van der Waals surface area contributed by atoms with Crippen molar-refractivity contribution in [1.82, 2.24) is 4.72 Å². The molecule has 0 aliphatic rings. The van der Waals surface area contributed by atoms with E-state index in [2.05, 4.69) is 16.6 Å². The second-order valence-corrected chi connectivity index (χ2v) is 7.39. The van der Waals surface area contributed by atoms with Crippen LogP contribution >= 0.6 is 0 Å². The number of rotatable bonds is 6. The second-order valence-electron chi connectivity index (χ2n) is 4.10. The molecule has 1 aromatic rings. The van der Waals surface area contributed by atoms with Gasteiger partial charge in [0.15, 0.2) is 0 Å². The summed E-state index contributed by atoms with van der Waals surface area (Å²) in [5, 5.41) is 8.59. The Bertz CT molecular complexity index is 677. The van der Waals surface area contributed by atoms with Crippen LogP contribution in [0.5, 0.6) is 0 Å². The van der Waals surface area contributed by atoms with Crippen LogP contribution in [0.2, 0.25) is 0 Å². The zero-order chi connectivity index (χ0) is 15.9. The van der Waals surface area contributed by atoms with Crippen LogP contribution in [0.1, 0.15) is 12.0 Å². The van der Waals surface area contributed by atoms with Crippen molar-refractivity contribution in [2.75, 3.05) is 25.2 Å². The number of hydrogen-bond donors (Lipinski definition) is 2. The molecule has 5 nitrogen and oxygen atoms in total. The average molecular weight is 333 g/mol. The van der Waals surface area contributed by atoms with Gasteiger partial charge in [0.1, 0.15) is 10.7 Å². The lowest BCUT2D eigenvalue weighted by atomic mass is 10.2. The minimum atomic E-state index is -3.98. The molecule has 1 atom stereocenters. The second kappa shape index (κ2) is 8.24. The van der Waals surface area contributed by atoms with E-state index in [1.807, 2.05) is 0 Å². The molecule has 0 aromatic heterocycles. The topological polar surface area (TPSA) is 83.5 Å². The Labute approximate surface area is 126 Å². The number of aliphatic hydroxyl groups is 1. The number of aliphatic hydroxyl groups excluding tert-OH is 1. The van der Waals surface area contributed by atoms with Gasteiger partial charge in [0.25, 0.3) is 0 Å². The van der Waals surface area contributed by atoms with Gasteiger partial charge in [-0.05, 0) is 18.2 Å². The molecule has 0 aliphatic carbocycles. The van der Waals surface area contributed by atoms with Gasteiger partial charge < -0.3 is 5.11 Å². The van der Waals surface area contributed by atoms with Crippen LogP contribution in [0.3, 0.4) is 0 Å². The summed E-state index contributed by atoms with van der Waals surface area (Å²) in [4.78, 5) is -0.475. The summed E-state index contributed by atoms with van der Waals surface area (Å²) in [6.07, 6.45) is 1.71. The predicted octanol–water partition coefficient (Wildman–Crippen LogP) is 0.216. The normalized spacial score (nSPS) is 12.5. The molecule has 2 N–H and O–H groups in total. The van der Waals surface area contributed by atoms with Crippen molar-refractivity contribution in [2.24, 2.45) is 0 Å². The van der Waals surface area contributed by atoms with E-state index in [0.717, 1.165) is 12.1 Å². The largest absolute Gasteiger partial charge is 0.395 e. The molecule has 0 bridgehead atoms. The first-order valence-corrected chi connectivity index (χ1v) is 9.27. The van der Waals surface area contributed by atoms with Gasteiger partial charge in [-0.1, -0.05) is 11.8 Å². The third kappa shape index (κ3) is 5.93. The van der Waals surface area contributed by atoms with Crippen molar-refractivity contribution >= 4 is 20.8 Å². The lowest BCUT2D eigenvalue weighted by Gasteiger charge is -2.07. The van der Waals surface area contributed by atoms with E-state index in [0.29, 0.717) is 5.56 Å². The SMILES string of the molecule is CS(=O)CCNS(=O)(=O)c1ccc(C#CCCO)cc1F. The first kappa shape index (κ1) is 17.8. The van der Waals surface area contributed by atoms with Gasteiger partial charge in [-0.2, -0.15) is 0 Å². The molecule has 0 spiro atoms. The van der Waals surface area contributed by atoms with Crippen LogP contribution in [-0.4, -0.2) is 42.9 Å². The Morgan fingerprint density at radius 3 is 2.71 bits per heavy atom. The van der Waals surface area contributed by atoms with Crippen molar-refractivity contribution in [3.05, 3.63) is 29.6 Å². The maximum atomic E-state index is 13.8. The summed E-state index contributed by atoms with van der Waals surface area (Å²) in [5.74, 6) is 4.49. The van der Waals surface area contributed by atoms with E-state index in [4.69, 9.17) is 5.11 Å². The third-order valence-electron chi connectivity index (χ3n) is 2.37. The summed E-state index contributed by atoms with van der Waals surface area (Å²) in [5.41, 5.74) is 0.328. The number of sulfonamides is 1. The molecule has 116 valence electrons. The Balaban J connectivity index is 2.89. The molecule has 0 aliphatic heterocycles. The Kier molecular flexibility index (Phi) is 6.98. The lowest BCUT2D eigenvalue weighted by Crippen LogP contribution is -2.28. The highest BCUT2D eigenvalue weighted by Crippen LogP contribution is 2.15. The summed E-state index contributed by atoms with van der Waals surface area (Å²) < 4.78 is 50.7. The molecule has 0 saturated carbocycles. The fraction of sp³-hybridized carbons (Fsp3) is 0.385. The summed E-state index contributed by atoms with van der Waals surface area (Å²) in [7, 11) is -5.11. The Morgan fingerprint density at radius 1 is 1.43 bits per heavy atom. The molecule has 0 heterocycles. The van der Waals surface area contributed by atoms with E-state index < -0.39 is 31.5 Å². The van der Waals surface area contributed by atoms with Gasteiger partial charge in [-0.3, -0.25) is 4.21 Å². The van der Waals surface area contributed by atoms with Crippen molar-refractivity contribution in [3.8, 4) is 11.8 Å². The lowest BCUT2D eigenvalue weighted by molar-refractivity contribution is 0.305. The first-order valence-electron chi connectivity index (χ1n) is 6.06. The summed E-state index contributed by atoms with van der Waals surface area (Å²) >= 11 is 0. The zero-order valence-corrected chi connectivity index (χ0v) is 13.1. The van der Waals surface area contributed by atoms with E-state index in [9.17, 15) is 17.0 Å². The van der Waals surface area contributed by atoms with Crippen molar-refractivity contribution in [3.63, 3.8) is 0 Å². The Morgan fingerprint density at radius 2 is 2.14 bits per heavy atom. The van der Waals surface area contributed by atoms with Crippen molar-refractivity contribution in [1.29, 1.82) is 0 Å². The highest BCUT2D eigenvalue weighted by atomic mass is 32.2. The smallest absolute Gasteiger partial charge is 0.243 e. The molecule has 1 rings (SSSR count). The maximum absolute atomic E-state index is 13.8. The third-order valence-corrected chi connectivity index (χ3v) is 4.65. The van der Waals surface area contributed by atoms with Gasteiger partial charge in [-0.15, -0.1) is 0 Å². The predicted molar refractivity (Wildman–Crippen MR) is 79.1 cm³/mol.